The summed E-state index contributed by atoms with van der Waals surface area (Å²) in [6.07, 6.45) is 5.05. The zero-order valence-electron chi connectivity index (χ0n) is 12.3. The summed E-state index contributed by atoms with van der Waals surface area (Å²) in [5.74, 6) is 1.39. The summed E-state index contributed by atoms with van der Waals surface area (Å²) in [5.41, 5.74) is 1.38. The molecule has 1 saturated heterocycles. The largest absolute Gasteiger partial charge is 0.497 e. The van der Waals surface area contributed by atoms with E-state index in [4.69, 9.17) is 4.74 Å². The molecular formula is C18H22NO+. The molecule has 2 aromatic rings. The van der Waals surface area contributed by atoms with E-state index >= 15 is 0 Å². The number of hydrogen-bond acceptors (Lipinski definition) is 1. The molecule has 0 aromatic heterocycles. The van der Waals surface area contributed by atoms with E-state index < -0.39 is 0 Å². The van der Waals surface area contributed by atoms with Crippen LogP contribution in [0.5, 0.6) is 5.75 Å². The first kappa shape index (κ1) is 13.2. The Bertz CT molecular complexity index is 637. The van der Waals surface area contributed by atoms with E-state index in [2.05, 4.69) is 48.0 Å². The average Bonchev–Trinajstić information content (AvgIpc) is 2.99. The van der Waals surface area contributed by atoms with E-state index in [-0.39, 0.29) is 0 Å². The fraction of sp³-hybridized carbons (Fsp3) is 0.389. The first-order valence-corrected chi connectivity index (χ1v) is 7.43. The van der Waals surface area contributed by atoms with E-state index in [0.717, 1.165) is 5.75 Å². The molecule has 1 atom stereocenters. The second-order valence-electron chi connectivity index (χ2n) is 5.65. The average molecular weight is 268 g/mol. The van der Waals surface area contributed by atoms with E-state index in [1.807, 2.05) is 6.07 Å². The van der Waals surface area contributed by atoms with Crippen LogP contribution >= 0.6 is 0 Å². The first-order chi connectivity index (χ1) is 9.76. The van der Waals surface area contributed by atoms with Gasteiger partial charge in [-0.15, -0.1) is 0 Å². The molecule has 1 aliphatic rings. The number of fused-ring (bicyclic) bond motifs is 1. The first-order valence-electron chi connectivity index (χ1n) is 7.43. The summed E-state index contributed by atoms with van der Waals surface area (Å²) in [7, 11) is 1.71. The highest BCUT2D eigenvalue weighted by Crippen LogP contribution is 2.24. The molecule has 0 N–H and O–H groups in total. The van der Waals surface area contributed by atoms with Crippen LogP contribution in [0.3, 0.4) is 0 Å². The maximum Gasteiger partial charge on any atom is 0.146 e. The number of methoxy groups -OCH3 is 1. The van der Waals surface area contributed by atoms with E-state index in [0.29, 0.717) is 5.92 Å². The van der Waals surface area contributed by atoms with E-state index in [9.17, 15) is 0 Å². The quantitative estimate of drug-likeness (QED) is 0.771. The SMILES string of the molecule is COc1ccc2cc([C@H](C)C=[N+]3CCCC3)ccc2c1. The normalized spacial score (nSPS) is 16.4. The van der Waals surface area contributed by atoms with Gasteiger partial charge in [0, 0.05) is 12.8 Å². The van der Waals surface area contributed by atoms with Crippen molar-refractivity contribution in [3.8, 4) is 5.75 Å². The lowest BCUT2D eigenvalue weighted by Crippen LogP contribution is -2.11. The summed E-state index contributed by atoms with van der Waals surface area (Å²) in [6, 6.07) is 13.0. The van der Waals surface area contributed by atoms with Crippen LogP contribution in [0, 0.1) is 0 Å². The molecule has 0 spiro atoms. The molecule has 0 radical (unpaired) electrons. The molecule has 0 saturated carbocycles. The van der Waals surface area contributed by atoms with Gasteiger partial charge in [-0.1, -0.05) is 24.3 Å². The summed E-state index contributed by atoms with van der Waals surface area (Å²) < 4.78 is 7.74. The Labute approximate surface area is 120 Å². The fourth-order valence-corrected chi connectivity index (χ4v) is 2.95. The van der Waals surface area contributed by atoms with Gasteiger partial charge in [0.2, 0.25) is 0 Å². The van der Waals surface area contributed by atoms with Crippen LogP contribution in [0.4, 0.5) is 0 Å². The molecular weight excluding hydrogens is 246 g/mol. The van der Waals surface area contributed by atoms with Crippen molar-refractivity contribution in [2.24, 2.45) is 0 Å². The van der Waals surface area contributed by atoms with Crippen LogP contribution in [-0.4, -0.2) is 31.0 Å². The smallest absolute Gasteiger partial charge is 0.146 e. The van der Waals surface area contributed by atoms with Gasteiger partial charge in [0.1, 0.15) is 25.1 Å². The summed E-state index contributed by atoms with van der Waals surface area (Å²) in [6.45, 7) is 4.72. The van der Waals surface area contributed by atoms with Crippen molar-refractivity contribution in [2.45, 2.75) is 25.7 Å². The molecule has 1 aliphatic heterocycles. The minimum Gasteiger partial charge on any atom is -0.497 e. The van der Waals surface area contributed by atoms with Crippen LogP contribution in [0.1, 0.15) is 31.2 Å². The fourth-order valence-electron chi connectivity index (χ4n) is 2.95. The number of nitrogens with zero attached hydrogens (tertiary/aromatic N) is 1. The van der Waals surface area contributed by atoms with Gasteiger partial charge in [-0.05, 0) is 35.4 Å². The van der Waals surface area contributed by atoms with Crippen molar-refractivity contribution < 1.29 is 9.31 Å². The third-order valence-electron chi connectivity index (χ3n) is 4.17. The summed E-state index contributed by atoms with van der Waals surface area (Å²) >= 11 is 0. The monoisotopic (exact) mass is 268 g/mol. The predicted octanol–water partition coefficient (Wildman–Crippen LogP) is 3.83. The molecule has 20 heavy (non-hydrogen) atoms. The van der Waals surface area contributed by atoms with E-state index in [1.54, 1.807) is 7.11 Å². The van der Waals surface area contributed by atoms with Crippen molar-refractivity contribution >= 4 is 17.0 Å². The van der Waals surface area contributed by atoms with Crippen molar-refractivity contribution in [3.05, 3.63) is 42.0 Å². The minimum absolute atomic E-state index is 0.472. The molecule has 1 heterocycles. The van der Waals surface area contributed by atoms with Gasteiger partial charge in [0.05, 0.1) is 13.0 Å². The Morgan fingerprint density at radius 1 is 1.05 bits per heavy atom. The van der Waals surface area contributed by atoms with Crippen molar-refractivity contribution in [2.75, 3.05) is 20.2 Å². The molecule has 0 unspecified atom stereocenters. The van der Waals surface area contributed by atoms with Crippen LogP contribution in [-0.2, 0) is 0 Å². The minimum atomic E-state index is 0.472. The lowest BCUT2D eigenvalue weighted by atomic mass is 9.98. The Morgan fingerprint density at radius 2 is 1.75 bits per heavy atom. The van der Waals surface area contributed by atoms with E-state index in [1.165, 1.54) is 42.3 Å². The molecule has 0 bridgehead atoms. The van der Waals surface area contributed by atoms with Crippen LogP contribution < -0.4 is 4.74 Å². The lowest BCUT2D eigenvalue weighted by molar-refractivity contribution is -0.502. The Kier molecular flexibility index (Phi) is 3.72. The topological polar surface area (TPSA) is 12.2 Å². The van der Waals surface area contributed by atoms with Crippen molar-refractivity contribution in [1.29, 1.82) is 0 Å². The molecule has 104 valence electrons. The predicted molar refractivity (Wildman–Crippen MR) is 84.2 cm³/mol. The second-order valence-corrected chi connectivity index (χ2v) is 5.65. The molecule has 3 rings (SSSR count). The molecule has 2 nitrogen and oxygen atoms in total. The molecule has 2 heteroatoms. The third-order valence-corrected chi connectivity index (χ3v) is 4.17. The molecule has 0 amide bonds. The Hall–Kier alpha value is -1.83. The van der Waals surface area contributed by atoms with Crippen LogP contribution in [0.2, 0.25) is 0 Å². The number of benzene rings is 2. The van der Waals surface area contributed by atoms with Gasteiger partial charge in [0.15, 0.2) is 0 Å². The van der Waals surface area contributed by atoms with Crippen molar-refractivity contribution in [1.82, 2.24) is 0 Å². The van der Waals surface area contributed by atoms with Gasteiger partial charge in [0.25, 0.3) is 0 Å². The van der Waals surface area contributed by atoms with Gasteiger partial charge in [-0.2, -0.15) is 0 Å². The number of rotatable bonds is 3. The highest BCUT2D eigenvalue weighted by molar-refractivity contribution is 5.85. The third kappa shape index (κ3) is 2.69. The molecule has 0 aliphatic carbocycles. The standard InChI is InChI=1S/C18H22NO/c1-14(13-19-9-3-4-10-19)15-5-6-17-12-18(20-2)8-7-16(17)11-15/h5-8,11-14H,3-4,9-10H2,1-2H3/q+1/t14-/m1/s1. The summed E-state index contributed by atoms with van der Waals surface area (Å²) in [4.78, 5) is 0. The number of ether oxygens (including phenoxy) is 1. The Balaban J connectivity index is 1.90. The number of hydrogen-bond donors (Lipinski definition) is 0. The Morgan fingerprint density at radius 3 is 2.50 bits per heavy atom. The highest BCUT2D eigenvalue weighted by Gasteiger charge is 2.15. The zero-order valence-corrected chi connectivity index (χ0v) is 12.3. The maximum absolute atomic E-state index is 5.28. The highest BCUT2D eigenvalue weighted by atomic mass is 16.5. The lowest BCUT2D eigenvalue weighted by Gasteiger charge is -2.08. The molecule has 2 aromatic carbocycles. The maximum atomic E-state index is 5.28. The van der Waals surface area contributed by atoms with Gasteiger partial charge in [-0.25, -0.2) is 4.58 Å². The second kappa shape index (κ2) is 5.66. The summed E-state index contributed by atoms with van der Waals surface area (Å²) in [5, 5.41) is 2.52. The van der Waals surface area contributed by atoms with Gasteiger partial charge in [-0.3, -0.25) is 0 Å². The van der Waals surface area contributed by atoms with Gasteiger partial charge >= 0.3 is 0 Å². The van der Waals surface area contributed by atoms with Crippen LogP contribution in [0.25, 0.3) is 10.8 Å². The van der Waals surface area contributed by atoms with Gasteiger partial charge < -0.3 is 4.74 Å². The van der Waals surface area contributed by atoms with Crippen molar-refractivity contribution in [3.63, 3.8) is 0 Å². The molecule has 1 fully saturated rings. The van der Waals surface area contributed by atoms with Crippen LogP contribution in [0.15, 0.2) is 36.4 Å². The zero-order chi connectivity index (χ0) is 13.9.